The zero-order chi connectivity index (χ0) is 14.8. The molecule has 0 aliphatic rings. The van der Waals surface area contributed by atoms with Crippen molar-refractivity contribution in [1.82, 2.24) is 0 Å². The van der Waals surface area contributed by atoms with Crippen LogP contribution in [0.2, 0.25) is 4.34 Å². The van der Waals surface area contributed by atoms with Crippen LogP contribution in [-0.2, 0) is 0 Å². The molecule has 1 N–H and O–H groups in total. The van der Waals surface area contributed by atoms with Crippen LogP contribution in [0.15, 0.2) is 47.8 Å². The van der Waals surface area contributed by atoms with Gasteiger partial charge in [-0.1, -0.05) is 17.7 Å². The number of hydrogen-bond acceptors (Lipinski definition) is 3. The number of anilines is 1. The summed E-state index contributed by atoms with van der Waals surface area (Å²) in [4.78, 5) is 2.53. The van der Waals surface area contributed by atoms with E-state index in [-0.39, 0.29) is 6.04 Å². The molecule has 1 atom stereocenters. The molecule has 1 aromatic carbocycles. The SMILES string of the molecule is Cc1cc(I)ccc1NC(c1cccs1)c1ccc(Cl)s1. The topological polar surface area (TPSA) is 12.0 Å². The minimum Gasteiger partial charge on any atom is -0.373 e. The summed E-state index contributed by atoms with van der Waals surface area (Å²) in [5.74, 6) is 0. The molecule has 3 aromatic rings. The van der Waals surface area contributed by atoms with Crippen molar-refractivity contribution in [2.24, 2.45) is 0 Å². The molecule has 0 saturated carbocycles. The lowest BCUT2D eigenvalue weighted by Crippen LogP contribution is -2.10. The van der Waals surface area contributed by atoms with Crippen LogP contribution in [0.5, 0.6) is 0 Å². The maximum Gasteiger partial charge on any atom is 0.0954 e. The summed E-state index contributed by atoms with van der Waals surface area (Å²) in [6.07, 6.45) is 0. The first kappa shape index (κ1) is 15.3. The van der Waals surface area contributed by atoms with Crippen molar-refractivity contribution < 1.29 is 0 Å². The Morgan fingerprint density at radius 1 is 1.14 bits per heavy atom. The van der Waals surface area contributed by atoms with Crippen LogP contribution in [0.4, 0.5) is 5.69 Å². The highest BCUT2D eigenvalue weighted by atomic mass is 127. The maximum atomic E-state index is 6.11. The summed E-state index contributed by atoms with van der Waals surface area (Å²) >= 11 is 11.8. The van der Waals surface area contributed by atoms with E-state index in [0.29, 0.717) is 0 Å². The second-order valence-electron chi connectivity index (χ2n) is 4.69. The number of thiophene rings is 2. The average Bonchev–Trinajstić information content (AvgIpc) is 3.09. The quantitative estimate of drug-likeness (QED) is 0.447. The number of hydrogen-bond donors (Lipinski definition) is 1. The van der Waals surface area contributed by atoms with E-state index in [1.807, 2.05) is 6.07 Å². The zero-order valence-electron chi connectivity index (χ0n) is 11.3. The van der Waals surface area contributed by atoms with E-state index in [4.69, 9.17) is 11.6 Å². The van der Waals surface area contributed by atoms with Gasteiger partial charge in [0.1, 0.15) is 0 Å². The summed E-state index contributed by atoms with van der Waals surface area (Å²) in [5, 5.41) is 5.78. The van der Waals surface area contributed by atoms with Gasteiger partial charge in [-0.3, -0.25) is 0 Å². The van der Waals surface area contributed by atoms with Crippen LogP contribution >= 0.6 is 56.9 Å². The molecule has 1 nitrogen and oxygen atoms in total. The average molecular weight is 446 g/mol. The van der Waals surface area contributed by atoms with Crippen molar-refractivity contribution >= 4 is 62.6 Å². The highest BCUT2D eigenvalue weighted by Gasteiger charge is 2.18. The van der Waals surface area contributed by atoms with Gasteiger partial charge in [-0.15, -0.1) is 22.7 Å². The molecule has 0 radical (unpaired) electrons. The minimum absolute atomic E-state index is 0.154. The third-order valence-corrected chi connectivity index (χ3v) is 6.10. The highest BCUT2D eigenvalue weighted by Crippen LogP contribution is 2.36. The van der Waals surface area contributed by atoms with Crippen molar-refractivity contribution in [1.29, 1.82) is 0 Å². The molecule has 0 aliphatic carbocycles. The molecule has 5 heteroatoms. The van der Waals surface area contributed by atoms with Gasteiger partial charge in [-0.25, -0.2) is 0 Å². The smallest absolute Gasteiger partial charge is 0.0954 e. The van der Waals surface area contributed by atoms with Crippen molar-refractivity contribution in [3.63, 3.8) is 0 Å². The molecule has 2 aromatic heterocycles. The van der Waals surface area contributed by atoms with Crippen molar-refractivity contribution in [3.8, 4) is 0 Å². The van der Waals surface area contributed by atoms with Gasteiger partial charge >= 0.3 is 0 Å². The molecule has 0 spiro atoms. The molecular formula is C16H13ClINS2. The van der Waals surface area contributed by atoms with Crippen LogP contribution in [0.3, 0.4) is 0 Å². The largest absolute Gasteiger partial charge is 0.373 e. The van der Waals surface area contributed by atoms with Crippen molar-refractivity contribution in [3.05, 3.63) is 71.1 Å². The Labute approximate surface area is 151 Å². The van der Waals surface area contributed by atoms with Gasteiger partial charge < -0.3 is 5.32 Å². The third-order valence-electron chi connectivity index (χ3n) is 3.19. The van der Waals surface area contributed by atoms with Gasteiger partial charge in [0, 0.05) is 19.0 Å². The predicted molar refractivity (Wildman–Crippen MR) is 103 cm³/mol. The predicted octanol–water partition coefficient (Wildman–Crippen LogP) is 6.58. The van der Waals surface area contributed by atoms with Crippen LogP contribution in [-0.4, -0.2) is 0 Å². The van der Waals surface area contributed by atoms with E-state index in [1.165, 1.54) is 24.6 Å². The van der Waals surface area contributed by atoms with E-state index in [2.05, 4.69) is 76.6 Å². The van der Waals surface area contributed by atoms with E-state index in [1.54, 1.807) is 22.7 Å². The molecular weight excluding hydrogens is 433 g/mol. The molecule has 0 aliphatic heterocycles. The molecule has 108 valence electrons. The van der Waals surface area contributed by atoms with E-state index in [9.17, 15) is 0 Å². The lowest BCUT2D eigenvalue weighted by atomic mass is 10.1. The van der Waals surface area contributed by atoms with E-state index in [0.717, 1.165) is 4.34 Å². The Hall–Kier alpha value is -0.560. The van der Waals surface area contributed by atoms with E-state index < -0.39 is 0 Å². The first-order valence-corrected chi connectivity index (χ1v) is 9.60. The highest BCUT2D eigenvalue weighted by molar-refractivity contribution is 14.1. The van der Waals surface area contributed by atoms with Gasteiger partial charge in [0.25, 0.3) is 0 Å². The van der Waals surface area contributed by atoms with Crippen molar-refractivity contribution in [2.45, 2.75) is 13.0 Å². The Balaban J connectivity index is 1.96. The van der Waals surface area contributed by atoms with E-state index >= 15 is 0 Å². The van der Waals surface area contributed by atoms with Gasteiger partial charge in [-0.05, 0) is 76.9 Å². The van der Waals surface area contributed by atoms with Gasteiger partial charge in [0.2, 0.25) is 0 Å². The summed E-state index contributed by atoms with van der Waals surface area (Å²) in [6.45, 7) is 2.14. The second-order valence-corrected chi connectivity index (χ2v) is 8.67. The Morgan fingerprint density at radius 2 is 2.00 bits per heavy atom. The maximum absolute atomic E-state index is 6.11. The minimum atomic E-state index is 0.154. The Morgan fingerprint density at radius 3 is 2.62 bits per heavy atom. The molecule has 1 unspecified atom stereocenters. The van der Waals surface area contributed by atoms with Gasteiger partial charge in [0.15, 0.2) is 0 Å². The zero-order valence-corrected chi connectivity index (χ0v) is 15.8. The molecule has 0 saturated heterocycles. The van der Waals surface area contributed by atoms with Crippen LogP contribution in [0.25, 0.3) is 0 Å². The summed E-state index contributed by atoms with van der Waals surface area (Å²) < 4.78 is 2.08. The normalized spacial score (nSPS) is 12.3. The second kappa shape index (κ2) is 6.69. The van der Waals surface area contributed by atoms with Crippen LogP contribution in [0, 0.1) is 10.5 Å². The fraction of sp³-hybridized carbons (Fsp3) is 0.125. The number of nitrogens with one attached hydrogen (secondary N) is 1. The fourth-order valence-corrected chi connectivity index (χ4v) is 4.81. The lowest BCUT2D eigenvalue weighted by molar-refractivity contribution is 0.988. The standard InChI is InChI=1S/C16H13ClINS2/c1-10-9-11(18)4-5-12(10)19-16(13-3-2-8-20-13)14-6-7-15(17)21-14/h2-9,16,19H,1H3. The number of benzene rings is 1. The molecule has 0 amide bonds. The summed E-state index contributed by atoms with van der Waals surface area (Å²) in [5.41, 5.74) is 2.42. The fourth-order valence-electron chi connectivity index (χ4n) is 2.17. The Kier molecular flexibility index (Phi) is 4.88. The van der Waals surface area contributed by atoms with Crippen LogP contribution < -0.4 is 5.32 Å². The Bertz CT molecular complexity index is 737. The lowest BCUT2D eigenvalue weighted by Gasteiger charge is -2.19. The summed E-state index contributed by atoms with van der Waals surface area (Å²) in [6, 6.07) is 14.9. The molecule has 3 rings (SSSR count). The number of aryl methyl sites for hydroxylation is 1. The van der Waals surface area contributed by atoms with Crippen molar-refractivity contribution in [2.75, 3.05) is 5.32 Å². The first-order chi connectivity index (χ1) is 10.1. The third kappa shape index (κ3) is 3.62. The number of rotatable bonds is 4. The van der Waals surface area contributed by atoms with Crippen LogP contribution in [0.1, 0.15) is 21.4 Å². The monoisotopic (exact) mass is 445 g/mol. The number of halogens is 2. The summed E-state index contributed by atoms with van der Waals surface area (Å²) in [7, 11) is 0. The van der Waals surface area contributed by atoms with Gasteiger partial charge in [0.05, 0.1) is 10.4 Å². The first-order valence-electron chi connectivity index (χ1n) is 6.45. The molecule has 2 heterocycles. The molecule has 21 heavy (non-hydrogen) atoms. The molecule has 0 bridgehead atoms. The van der Waals surface area contributed by atoms with Gasteiger partial charge in [-0.2, -0.15) is 0 Å². The molecule has 0 fully saturated rings.